The molecular formula is C19H21F3N6O. The number of anilines is 1. The van der Waals surface area contributed by atoms with Crippen LogP contribution in [0.25, 0.3) is 11.0 Å². The Bertz CT molecular complexity index is 1040. The average Bonchev–Trinajstić information content (AvgIpc) is 3.30. The molecule has 0 spiro atoms. The first-order chi connectivity index (χ1) is 13.9. The minimum absolute atomic E-state index is 0.164. The van der Waals surface area contributed by atoms with Crippen LogP contribution >= 0.6 is 0 Å². The number of hydrogen-bond acceptors (Lipinski definition) is 5. The molecule has 0 saturated carbocycles. The molecule has 3 aromatic rings. The number of H-pyrrole nitrogens is 1. The van der Waals surface area contributed by atoms with Crippen molar-refractivity contribution >= 4 is 22.6 Å². The quantitative estimate of drug-likeness (QED) is 0.632. The summed E-state index contributed by atoms with van der Waals surface area (Å²) in [6.07, 6.45) is -1.65. The Morgan fingerprint density at radius 1 is 1.31 bits per heavy atom. The van der Waals surface area contributed by atoms with Gasteiger partial charge in [-0.05, 0) is 19.4 Å². The third-order valence-electron chi connectivity index (χ3n) is 5.19. The van der Waals surface area contributed by atoms with Gasteiger partial charge in [-0.15, -0.1) is 0 Å². The van der Waals surface area contributed by atoms with Gasteiger partial charge in [-0.1, -0.05) is 0 Å². The lowest BCUT2D eigenvalue weighted by Gasteiger charge is -2.29. The van der Waals surface area contributed by atoms with Gasteiger partial charge in [0.15, 0.2) is 5.78 Å². The maximum absolute atomic E-state index is 12.7. The fraction of sp³-hybridized carbons (Fsp3) is 0.474. The third-order valence-corrected chi connectivity index (χ3v) is 5.19. The number of aromatic amines is 1. The van der Waals surface area contributed by atoms with Crippen molar-refractivity contribution in [2.45, 2.75) is 51.9 Å². The number of Topliss-reactive ketones (excluding diaryl/α,β-unsaturated/α-hetero) is 1. The highest BCUT2D eigenvalue weighted by molar-refractivity contribution is 5.96. The summed E-state index contributed by atoms with van der Waals surface area (Å²) in [5.41, 5.74) is 2.78. The zero-order valence-corrected chi connectivity index (χ0v) is 16.0. The standard InChI is InChI=1S/C19H21F3N6O/c1-2-28-14-6-9-27(18-12-5-8-23-17(12)24-11-25-18)10-13(14)16(26-28)15(29)4-3-7-19(20,21)22/h5,8,11H,2-4,6-7,9-10H2,1H3,(H,23,24,25). The molecule has 4 heterocycles. The molecular weight excluding hydrogens is 385 g/mol. The van der Waals surface area contributed by atoms with E-state index in [2.05, 4.69) is 25.0 Å². The molecule has 0 fully saturated rings. The monoisotopic (exact) mass is 406 g/mol. The van der Waals surface area contributed by atoms with Crippen molar-refractivity contribution < 1.29 is 18.0 Å². The summed E-state index contributed by atoms with van der Waals surface area (Å²) in [6, 6.07) is 1.90. The third kappa shape index (κ3) is 3.83. The summed E-state index contributed by atoms with van der Waals surface area (Å²) in [5.74, 6) is 0.427. The van der Waals surface area contributed by atoms with Gasteiger partial charge in [0.25, 0.3) is 0 Å². The normalized spacial score (nSPS) is 14.4. The molecule has 7 nitrogen and oxygen atoms in total. The molecule has 1 N–H and O–H groups in total. The molecule has 0 aromatic carbocycles. The molecule has 0 amide bonds. The van der Waals surface area contributed by atoms with Crippen LogP contribution in [0.2, 0.25) is 0 Å². The molecule has 0 aliphatic carbocycles. The number of alkyl halides is 3. The van der Waals surface area contributed by atoms with E-state index in [0.717, 1.165) is 28.1 Å². The van der Waals surface area contributed by atoms with Crippen molar-refractivity contribution in [3.05, 3.63) is 35.5 Å². The van der Waals surface area contributed by atoms with E-state index in [0.29, 0.717) is 26.1 Å². The number of fused-ring (bicyclic) bond motifs is 2. The minimum Gasteiger partial charge on any atom is -0.351 e. The largest absolute Gasteiger partial charge is 0.389 e. The molecule has 0 unspecified atom stereocenters. The van der Waals surface area contributed by atoms with Gasteiger partial charge in [0.2, 0.25) is 0 Å². The van der Waals surface area contributed by atoms with Crippen LogP contribution in [0.3, 0.4) is 0 Å². The lowest BCUT2D eigenvalue weighted by Crippen LogP contribution is -2.32. The van der Waals surface area contributed by atoms with Gasteiger partial charge in [-0.25, -0.2) is 9.97 Å². The lowest BCUT2D eigenvalue weighted by molar-refractivity contribution is -0.135. The molecule has 3 aromatic heterocycles. The van der Waals surface area contributed by atoms with Gasteiger partial charge < -0.3 is 9.88 Å². The predicted octanol–water partition coefficient (Wildman–Crippen LogP) is 3.65. The fourth-order valence-corrected chi connectivity index (χ4v) is 3.84. The SMILES string of the molecule is CCn1nc(C(=O)CCCC(F)(F)F)c2c1CCN(c1ncnc3[nH]ccc13)C2. The number of carbonyl (C=O) groups excluding carboxylic acids is 1. The van der Waals surface area contributed by atoms with E-state index in [1.54, 1.807) is 10.9 Å². The van der Waals surface area contributed by atoms with E-state index in [1.165, 1.54) is 6.33 Å². The van der Waals surface area contributed by atoms with E-state index in [-0.39, 0.29) is 24.3 Å². The highest BCUT2D eigenvalue weighted by atomic mass is 19.4. The van der Waals surface area contributed by atoms with Crippen LogP contribution in [0, 0.1) is 0 Å². The fourth-order valence-electron chi connectivity index (χ4n) is 3.84. The summed E-state index contributed by atoms with van der Waals surface area (Å²) >= 11 is 0. The zero-order valence-electron chi connectivity index (χ0n) is 16.0. The topological polar surface area (TPSA) is 79.7 Å². The van der Waals surface area contributed by atoms with Crippen molar-refractivity contribution in [3.63, 3.8) is 0 Å². The first-order valence-electron chi connectivity index (χ1n) is 9.59. The second-order valence-electron chi connectivity index (χ2n) is 7.09. The Morgan fingerprint density at radius 2 is 2.14 bits per heavy atom. The van der Waals surface area contributed by atoms with Gasteiger partial charge in [-0.3, -0.25) is 9.48 Å². The second kappa shape index (κ2) is 7.49. The number of aryl methyl sites for hydroxylation is 1. The van der Waals surface area contributed by atoms with E-state index < -0.39 is 12.6 Å². The van der Waals surface area contributed by atoms with Gasteiger partial charge in [-0.2, -0.15) is 18.3 Å². The molecule has 0 bridgehead atoms. The van der Waals surface area contributed by atoms with Crippen molar-refractivity contribution in [2.24, 2.45) is 0 Å². The number of ketones is 1. The number of rotatable bonds is 6. The molecule has 1 aliphatic rings. The van der Waals surface area contributed by atoms with E-state index in [4.69, 9.17) is 0 Å². The number of halogens is 3. The Kier molecular flexibility index (Phi) is 5.01. The van der Waals surface area contributed by atoms with Crippen LogP contribution in [0.4, 0.5) is 19.0 Å². The first-order valence-corrected chi connectivity index (χ1v) is 9.59. The van der Waals surface area contributed by atoms with E-state index in [1.807, 2.05) is 13.0 Å². The Labute approximate surface area is 164 Å². The molecule has 1 aliphatic heterocycles. The average molecular weight is 406 g/mol. The van der Waals surface area contributed by atoms with Crippen molar-refractivity contribution in [3.8, 4) is 0 Å². The van der Waals surface area contributed by atoms with Gasteiger partial charge in [0.05, 0.1) is 5.39 Å². The molecule has 154 valence electrons. The first kappa shape index (κ1) is 19.4. The maximum Gasteiger partial charge on any atom is 0.389 e. The smallest absolute Gasteiger partial charge is 0.351 e. The van der Waals surface area contributed by atoms with E-state index >= 15 is 0 Å². The zero-order chi connectivity index (χ0) is 20.6. The van der Waals surface area contributed by atoms with Gasteiger partial charge >= 0.3 is 6.18 Å². The predicted molar refractivity (Wildman–Crippen MR) is 101 cm³/mol. The minimum atomic E-state index is -4.26. The Morgan fingerprint density at radius 3 is 2.90 bits per heavy atom. The molecule has 29 heavy (non-hydrogen) atoms. The Balaban J connectivity index is 1.60. The molecule has 0 atom stereocenters. The van der Waals surface area contributed by atoms with Crippen molar-refractivity contribution in [1.29, 1.82) is 0 Å². The Hall–Kier alpha value is -2.91. The molecule has 0 radical (unpaired) electrons. The summed E-state index contributed by atoms with van der Waals surface area (Å²) in [7, 11) is 0. The van der Waals surface area contributed by atoms with Crippen LogP contribution in [0.1, 0.15) is 47.9 Å². The van der Waals surface area contributed by atoms with Crippen LogP contribution in [-0.4, -0.2) is 43.2 Å². The highest BCUT2D eigenvalue weighted by Crippen LogP contribution is 2.30. The number of hydrogen-bond donors (Lipinski definition) is 1. The van der Waals surface area contributed by atoms with Crippen LogP contribution in [0.5, 0.6) is 0 Å². The lowest BCUT2D eigenvalue weighted by atomic mass is 10.0. The van der Waals surface area contributed by atoms with Crippen LogP contribution in [-0.2, 0) is 19.5 Å². The summed E-state index contributed by atoms with van der Waals surface area (Å²) in [4.78, 5) is 26.4. The number of nitrogens with zero attached hydrogens (tertiary/aromatic N) is 5. The van der Waals surface area contributed by atoms with E-state index in [9.17, 15) is 18.0 Å². The number of carbonyl (C=O) groups is 1. The highest BCUT2D eigenvalue weighted by Gasteiger charge is 2.30. The number of aromatic nitrogens is 5. The van der Waals surface area contributed by atoms with Gasteiger partial charge in [0, 0.05) is 56.4 Å². The summed E-state index contributed by atoms with van der Waals surface area (Å²) < 4.78 is 39.1. The molecule has 10 heteroatoms. The summed E-state index contributed by atoms with van der Waals surface area (Å²) in [6.45, 7) is 3.68. The number of nitrogens with one attached hydrogen (secondary N) is 1. The van der Waals surface area contributed by atoms with Gasteiger partial charge in [0.1, 0.15) is 23.5 Å². The summed E-state index contributed by atoms with van der Waals surface area (Å²) in [5, 5.41) is 5.31. The van der Waals surface area contributed by atoms with Crippen LogP contribution in [0.15, 0.2) is 18.6 Å². The maximum atomic E-state index is 12.7. The molecule has 0 saturated heterocycles. The van der Waals surface area contributed by atoms with Crippen molar-refractivity contribution in [1.82, 2.24) is 24.7 Å². The van der Waals surface area contributed by atoms with Crippen molar-refractivity contribution in [2.75, 3.05) is 11.4 Å². The second-order valence-corrected chi connectivity index (χ2v) is 7.09. The van der Waals surface area contributed by atoms with Crippen LogP contribution < -0.4 is 4.90 Å². The molecule has 4 rings (SSSR count).